The monoisotopic (exact) mass is 192 g/mol. The van der Waals surface area contributed by atoms with Crippen LogP contribution in [-0.4, -0.2) is 24.9 Å². The first-order valence-corrected chi connectivity index (χ1v) is 4.49. The Kier molecular flexibility index (Phi) is 3.36. The second kappa shape index (κ2) is 4.13. The minimum absolute atomic E-state index is 0.297. The molecular weight excluding hydrogens is 178 g/mol. The van der Waals surface area contributed by atoms with Crippen LogP contribution in [0, 0.1) is 5.92 Å². The Bertz CT molecular complexity index is 174. The largest absolute Gasteiger partial charge is 0.378 e. The summed E-state index contributed by atoms with van der Waals surface area (Å²) in [7, 11) is 0. The van der Waals surface area contributed by atoms with Crippen LogP contribution in [-0.2, 0) is 9.53 Å². The molecular formula is C9H14F2O2. The van der Waals surface area contributed by atoms with Crippen LogP contribution >= 0.6 is 0 Å². The number of carbonyl (C=O) groups is 1. The van der Waals surface area contributed by atoms with Crippen LogP contribution in [0.1, 0.15) is 26.2 Å². The third-order valence-electron chi connectivity index (χ3n) is 2.27. The lowest BCUT2D eigenvalue weighted by atomic mass is 9.97. The van der Waals surface area contributed by atoms with Gasteiger partial charge in [-0.25, -0.2) is 0 Å². The molecule has 4 heteroatoms. The number of halogens is 2. The molecule has 0 aromatic heterocycles. The lowest BCUT2D eigenvalue weighted by Crippen LogP contribution is -2.32. The summed E-state index contributed by atoms with van der Waals surface area (Å²) in [6, 6.07) is 0. The summed E-state index contributed by atoms with van der Waals surface area (Å²) >= 11 is 0. The molecule has 1 rings (SSSR count). The smallest absolute Gasteiger partial charge is 0.304 e. The van der Waals surface area contributed by atoms with Gasteiger partial charge in [0.2, 0.25) is 0 Å². The molecule has 76 valence electrons. The number of rotatable bonds is 3. The molecule has 1 saturated heterocycles. The first-order valence-electron chi connectivity index (χ1n) is 4.49. The SMILES string of the molecule is C[C@H]1CC[C@H](CC(F)(F)C=O)OC1. The Morgan fingerprint density at radius 2 is 2.23 bits per heavy atom. The molecule has 1 fully saturated rings. The lowest BCUT2D eigenvalue weighted by Gasteiger charge is -2.28. The van der Waals surface area contributed by atoms with Crippen molar-refractivity contribution in [1.82, 2.24) is 0 Å². The first kappa shape index (κ1) is 10.6. The molecule has 0 unspecified atom stereocenters. The van der Waals surface area contributed by atoms with Crippen LogP contribution in [0.15, 0.2) is 0 Å². The third-order valence-corrected chi connectivity index (χ3v) is 2.27. The number of carbonyl (C=O) groups excluding carboxylic acids is 1. The second-order valence-corrected chi connectivity index (χ2v) is 3.72. The Balaban J connectivity index is 2.34. The fourth-order valence-corrected chi connectivity index (χ4v) is 1.45. The summed E-state index contributed by atoms with van der Waals surface area (Å²) in [5.74, 6) is -2.77. The number of hydrogen-bond donors (Lipinski definition) is 0. The summed E-state index contributed by atoms with van der Waals surface area (Å²) in [6.07, 6.45) is 0.318. The molecule has 0 aromatic rings. The van der Waals surface area contributed by atoms with Gasteiger partial charge in [-0.2, -0.15) is 8.78 Å². The summed E-state index contributed by atoms with van der Waals surface area (Å²) in [5, 5.41) is 0. The molecule has 13 heavy (non-hydrogen) atoms. The zero-order valence-corrected chi connectivity index (χ0v) is 7.63. The molecule has 0 aromatic carbocycles. The van der Waals surface area contributed by atoms with Crippen molar-refractivity contribution in [3.63, 3.8) is 0 Å². The van der Waals surface area contributed by atoms with Crippen molar-refractivity contribution < 1.29 is 18.3 Å². The molecule has 1 heterocycles. The van der Waals surface area contributed by atoms with Crippen molar-refractivity contribution in [2.24, 2.45) is 5.92 Å². The van der Waals surface area contributed by atoms with Crippen LogP contribution in [0.4, 0.5) is 8.78 Å². The van der Waals surface area contributed by atoms with Crippen molar-refractivity contribution in [3.8, 4) is 0 Å². The van der Waals surface area contributed by atoms with E-state index >= 15 is 0 Å². The van der Waals surface area contributed by atoms with Gasteiger partial charge in [-0.3, -0.25) is 4.79 Å². The number of hydrogen-bond acceptors (Lipinski definition) is 2. The highest BCUT2D eigenvalue weighted by Gasteiger charge is 2.34. The summed E-state index contributed by atoms with van der Waals surface area (Å²) in [4.78, 5) is 9.96. The molecule has 2 atom stereocenters. The van der Waals surface area contributed by atoms with Gasteiger partial charge in [-0.05, 0) is 18.8 Å². The predicted octanol–water partition coefficient (Wildman–Crippen LogP) is 2.03. The van der Waals surface area contributed by atoms with Gasteiger partial charge in [0.05, 0.1) is 6.10 Å². The maximum absolute atomic E-state index is 12.6. The molecule has 1 aliphatic rings. The standard InChI is InChI=1S/C9H14F2O2/c1-7-2-3-8(13-5-7)4-9(10,11)6-12/h6-8H,2-5H2,1H3/t7-,8+/m0/s1. The van der Waals surface area contributed by atoms with Gasteiger partial charge in [0.15, 0.2) is 6.29 Å². The van der Waals surface area contributed by atoms with Crippen LogP contribution in [0.2, 0.25) is 0 Å². The van der Waals surface area contributed by atoms with Gasteiger partial charge >= 0.3 is 5.92 Å². The van der Waals surface area contributed by atoms with E-state index in [4.69, 9.17) is 4.74 Å². The molecule has 1 aliphatic heterocycles. The molecule has 0 N–H and O–H groups in total. The predicted molar refractivity (Wildman–Crippen MR) is 43.8 cm³/mol. The minimum Gasteiger partial charge on any atom is -0.378 e. The summed E-state index contributed by atoms with van der Waals surface area (Å²) < 4.78 is 30.4. The normalized spacial score (nSPS) is 30.1. The fraction of sp³-hybridized carbons (Fsp3) is 0.889. The van der Waals surface area contributed by atoms with Crippen LogP contribution in [0.25, 0.3) is 0 Å². The van der Waals surface area contributed by atoms with Crippen molar-refractivity contribution in [1.29, 1.82) is 0 Å². The van der Waals surface area contributed by atoms with E-state index < -0.39 is 18.4 Å². The maximum Gasteiger partial charge on any atom is 0.304 e. The Morgan fingerprint density at radius 3 is 2.69 bits per heavy atom. The lowest BCUT2D eigenvalue weighted by molar-refractivity contribution is -0.137. The molecule has 0 saturated carbocycles. The topological polar surface area (TPSA) is 26.3 Å². The number of aldehydes is 1. The van der Waals surface area contributed by atoms with Crippen molar-refractivity contribution in [2.75, 3.05) is 6.61 Å². The fourth-order valence-electron chi connectivity index (χ4n) is 1.45. The molecule has 0 aliphatic carbocycles. The van der Waals surface area contributed by atoms with E-state index in [-0.39, 0.29) is 6.29 Å². The van der Waals surface area contributed by atoms with Gasteiger partial charge < -0.3 is 4.74 Å². The van der Waals surface area contributed by atoms with E-state index in [9.17, 15) is 13.6 Å². The van der Waals surface area contributed by atoms with Gasteiger partial charge in [-0.15, -0.1) is 0 Å². The number of ether oxygens (including phenoxy) is 1. The van der Waals surface area contributed by atoms with Gasteiger partial charge in [0.1, 0.15) is 0 Å². The molecule has 2 nitrogen and oxygen atoms in total. The highest BCUT2D eigenvalue weighted by Crippen LogP contribution is 2.26. The zero-order chi connectivity index (χ0) is 9.90. The highest BCUT2D eigenvalue weighted by atomic mass is 19.3. The van der Waals surface area contributed by atoms with E-state index in [2.05, 4.69) is 0 Å². The summed E-state index contributed by atoms with van der Waals surface area (Å²) in [6.45, 7) is 2.55. The average molecular weight is 192 g/mol. The van der Waals surface area contributed by atoms with E-state index in [1.807, 2.05) is 6.92 Å². The quantitative estimate of drug-likeness (QED) is 0.639. The molecule has 0 bridgehead atoms. The van der Waals surface area contributed by atoms with Crippen molar-refractivity contribution in [2.45, 2.75) is 38.2 Å². The van der Waals surface area contributed by atoms with Gasteiger partial charge in [-0.1, -0.05) is 6.92 Å². The van der Waals surface area contributed by atoms with Gasteiger partial charge in [0, 0.05) is 13.0 Å². The molecule has 0 amide bonds. The van der Waals surface area contributed by atoms with E-state index in [1.54, 1.807) is 0 Å². The molecule has 0 radical (unpaired) electrons. The van der Waals surface area contributed by atoms with Gasteiger partial charge in [0.25, 0.3) is 0 Å². The Morgan fingerprint density at radius 1 is 1.54 bits per heavy atom. The maximum atomic E-state index is 12.6. The highest BCUT2D eigenvalue weighted by molar-refractivity contribution is 5.59. The van der Waals surface area contributed by atoms with E-state index in [0.717, 1.165) is 6.42 Å². The van der Waals surface area contributed by atoms with Crippen molar-refractivity contribution >= 4 is 6.29 Å². The Labute approximate surface area is 76.3 Å². The van der Waals surface area contributed by atoms with Crippen LogP contribution < -0.4 is 0 Å². The first-order chi connectivity index (χ1) is 6.03. The van der Waals surface area contributed by atoms with E-state index in [0.29, 0.717) is 18.9 Å². The zero-order valence-electron chi connectivity index (χ0n) is 7.63. The second-order valence-electron chi connectivity index (χ2n) is 3.72. The van der Waals surface area contributed by atoms with Crippen molar-refractivity contribution in [3.05, 3.63) is 0 Å². The minimum atomic E-state index is -3.22. The third kappa shape index (κ3) is 3.38. The average Bonchev–Trinajstić information content (AvgIpc) is 2.09. The number of alkyl halides is 2. The van der Waals surface area contributed by atoms with Crippen LogP contribution in [0.5, 0.6) is 0 Å². The Hall–Kier alpha value is -0.510. The molecule has 0 spiro atoms. The van der Waals surface area contributed by atoms with E-state index in [1.165, 1.54) is 0 Å². The van der Waals surface area contributed by atoms with Crippen LogP contribution in [0.3, 0.4) is 0 Å². The summed E-state index contributed by atoms with van der Waals surface area (Å²) in [5.41, 5.74) is 0.